The molecule has 2 aromatic rings. The van der Waals surface area contributed by atoms with Crippen LogP contribution < -0.4 is 5.32 Å². The normalized spacial score (nSPS) is 13.4. The van der Waals surface area contributed by atoms with Gasteiger partial charge in [-0.15, -0.1) is 11.3 Å². The Hall–Kier alpha value is -0.850. The molecule has 1 aromatic carbocycles. The van der Waals surface area contributed by atoms with Gasteiger partial charge in [-0.1, -0.05) is 22.9 Å². The van der Waals surface area contributed by atoms with E-state index in [-0.39, 0.29) is 6.04 Å². The summed E-state index contributed by atoms with van der Waals surface area (Å²) in [6.07, 6.45) is -4.34. The molecule has 0 bridgehead atoms. The Balaban J connectivity index is 2.52. The van der Waals surface area contributed by atoms with E-state index in [1.54, 1.807) is 11.3 Å². The first-order chi connectivity index (χ1) is 9.84. The first kappa shape index (κ1) is 16.5. The molecule has 1 aromatic heterocycles. The van der Waals surface area contributed by atoms with Crippen LogP contribution in [-0.2, 0) is 6.18 Å². The average Bonchev–Trinajstić information content (AvgIpc) is 2.82. The number of thiophene rings is 1. The molecule has 21 heavy (non-hydrogen) atoms. The van der Waals surface area contributed by atoms with Crippen LogP contribution in [0.15, 0.2) is 34.1 Å². The molecule has 0 radical (unpaired) electrons. The first-order valence-electron chi connectivity index (χ1n) is 6.48. The van der Waals surface area contributed by atoms with Crippen molar-refractivity contribution in [3.63, 3.8) is 0 Å². The van der Waals surface area contributed by atoms with Crippen molar-refractivity contribution in [3.8, 4) is 0 Å². The van der Waals surface area contributed by atoms with E-state index >= 15 is 0 Å². The minimum Gasteiger partial charge on any atom is -0.306 e. The van der Waals surface area contributed by atoms with Crippen LogP contribution in [0, 0.1) is 6.92 Å². The molecule has 6 heteroatoms. The monoisotopic (exact) mass is 377 g/mol. The molecule has 1 nitrogen and oxygen atoms in total. The van der Waals surface area contributed by atoms with Crippen LogP contribution in [0.2, 0.25) is 0 Å². The molecule has 0 aliphatic rings. The highest BCUT2D eigenvalue weighted by molar-refractivity contribution is 9.10. The summed E-state index contributed by atoms with van der Waals surface area (Å²) < 4.78 is 39.5. The summed E-state index contributed by atoms with van der Waals surface area (Å²) in [6, 6.07) is 5.51. The van der Waals surface area contributed by atoms with Crippen LogP contribution in [0.3, 0.4) is 0 Å². The Kier molecular flexibility index (Phi) is 5.11. The van der Waals surface area contributed by atoms with Gasteiger partial charge in [0.15, 0.2) is 0 Å². The maximum Gasteiger partial charge on any atom is 0.416 e. The van der Waals surface area contributed by atoms with Gasteiger partial charge in [0.25, 0.3) is 0 Å². The van der Waals surface area contributed by atoms with E-state index in [1.807, 2.05) is 25.3 Å². The maximum absolute atomic E-state index is 12.9. The standard InChI is InChI=1S/C15H15BrF3NS/c1-3-20-13(14-9(2)6-7-21-14)11-8-10(15(17,18)19)4-5-12(11)16/h4-8,13,20H,3H2,1-2H3. The van der Waals surface area contributed by atoms with E-state index in [2.05, 4.69) is 21.2 Å². The quantitative estimate of drug-likeness (QED) is 0.737. The van der Waals surface area contributed by atoms with Crippen LogP contribution >= 0.6 is 27.3 Å². The molecular formula is C15H15BrF3NS. The van der Waals surface area contributed by atoms with Crippen molar-refractivity contribution in [1.82, 2.24) is 5.32 Å². The summed E-state index contributed by atoms with van der Waals surface area (Å²) in [4.78, 5) is 1.04. The fourth-order valence-corrected chi connectivity index (χ4v) is 3.66. The maximum atomic E-state index is 12.9. The third kappa shape index (κ3) is 3.67. The molecule has 0 spiro atoms. The number of halogens is 4. The first-order valence-corrected chi connectivity index (χ1v) is 8.16. The Bertz CT molecular complexity index is 622. The summed E-state index contributed by atoms with van der Waals surface area (Å²) >= 11 is 4.93. The van der Waals surface area contributed by atoms with Crippen LogP contribution in [-0.4, -0.2) is 6.54 Å². The molecule has 1 N–H and O–H groups in total. The van der Waals surface area contributed by atoms with Gasteiger partial charge in [0.1, 0.15) is 0 Å². The molecule has 1 heterocycles. The number of rotatable bonds is 4. The lowest BCUT2D eigenvalue weighted by Crippen LogP contribution is -2.22. The predicted molar refractivity (Wildman–Crippen MR) is 83.7 cm³/mol. The molecule has 0 aliphatic carbocycles. The van der Waals surface area contributed by atoms with Crippen molar-refractivity contribution in [2.75, 3.05) is 6.54 Å². The highest BCUT2D eigenvalue weighted by atomic mass is 79.9. The van der Waals surface area contributed by atoms with Gasteiger partial charge in [0.05, 0.1) is 11.6 Å². The van der Waals surface area contributed by atoms with Gasteiger partial charge in [-0.3, -0.25) is 0 Å². The van der Waals surface area contributed by atoms with Crippen molar-refractivity contribution in [2.24, 2.45) is 0 Å². The van der Waals surface area contributed by atoms with Gasteiger partial charge in [0.2, 0.25) is 0 Å². The highest BCUT2D eigenvalue weighted by Gasteiger charge is 2.32. The zero-order valence-corrected chi connectivity index (χ0v) is 14.0. The number of benzene rings is 1. The molecule has 0 aliphatic heterocycles. The lowest BCUT2D eigenvalue weighted by Gasteiger charge is -2.21. The smallest absolute Gasteiger partial charge is 0.306 e. The Morgan fingerprint density at radius 3 is 2.52 bits per heavy atom. The summed E-state index contributed by atoms with van der Waals surface area (Å²) in [5.41, 5.74) is 1.06. The van der Waals surface area contributed by atoms with E-state index in [9.17, 15) is 13.2 Å². The van der Waals surface area contributed by atoms with Crippen LogP contribution in [0.25, 0.3) is 0 Å². The second-order valence-corrected chi connectivity index (χ2v) is 6.49. The Labute approximate surface area is 134 Å². The summed E-state index contributed by atoms with van der Waals surface area (Å²) in [7, 11) is 0. The molecule has 114 valence electrons. The highest BCUT2D eigenvalue weighted by Crippen LogP contribution is 2.37. The van der Waals surface area contributed by atoms with Gasteiger partial charge in [0, 0.05) is 9.35 Å². The second-order valence-electron chi connectivity index (χ2n) is 4.69. The molecule has 1 atom stereocenters. The fraction of sp³-hybridized carbons (Fsp3) is 0.333. The largest absolute Gasteiger partial charge is 0.416 e. The summed E-state index contributed by atoms with van der Waals surface area (Å²) in [6.45, 7) is 4.58. The number of alkyl halides is 3. The molecule has 0 fully saturated rings. The van der Waals surface area contributed by atoms with Crippen molar-refractivity contribution in [2.45, 2.75) is 26.1 Å². The van der Waals surface area contributed by atoms with E-state index < -0.39 is 11.7 Å². The third-order valence-corrected chi connectivity index (χ3v) is 5.01. The molecule has 1 unspecified atom stereocenters. The van der Waals surface area contributed by atoms with Crippen molar-refractivity contribution in [3.05, 3.63) is 55.7 Å². The molecule has 0 amide bonds. The van der Waals surface area contributed by atoms with Crippen molar-refractivity contribution < 1.29 is 13.2 Å². The average molecular weight is 378 g/mol. The van der Waals surface area contributed by atoms with E-state index in [1.165, 1.54) is 12.1 Å². The minimum absolute atomic E-state index is 0.244. The number of nitrogens with one attached hydrogen (secondary N) is 1. The minimum atomic E-state index is -4.34. The van der Waals surface area contributed by atoms with Gasteiger partial charge < -0.3 is 5.32 Å². The van der Waals surface area contributed by atoms with E-state index in [0.717, 1.165) is 16.5 Å². The molecule has 2 rings (SSSR count). The van der Waals surface area contributed by atoms with E-state index in [0.29, 0.717) is 16.6 Å². The van der Waals surface area contributed by atoms with Crippen LogP contribution in [0.4, 0.5) is 13.2 Å². The molecule has 0 saturated heterocycles. The predicted octanol–water partition coefficient (Wildman–Crippen LogP) is 5.54. The number of hydrogen-bond acceptors (Lipinski definition) is 2. The van der Waals surface area contributed by atoms with Gasteiger partial charge in [-0.25, -0.2) is 0 Å². The topological polar surface area (TPSA) is 12.0 Å². The Morgan fingerprint density at radius 1 is 1.29 bits per heavy atom. The van der Waals surface area contributed by atoms with Crippen molar-refractivity contribution >= 4 is 27.3 Å². The summed E-state index contributed by atoms with van der Waals surface area (Å²) in [5.74, 6) is 0. The van der Waals surface area contributed by atoms with Crippen molar-refractivity contribution in [1.29, 1.82) is 0 Å². The van der Waals surface area contributed by atoms with Gasteiger partial charge in [-0.05, 0) is 54.2 Å². The SMILES string of the molecule is CCNC(c1cc(C(F)(F)F)ccc1Br)c1sccc1C. The van der Waals surface area contributed by atoms with Gasteiger partial charge in [-0.2, -0.15) is 13.2 Å². The lowest BCUT2D eigenvalue weighted by molar-refractivity contribution is -0.137. The number of aryl methyl sites for hydroxylation is 1. The molecule has 0 saturated carbocycles. The fourth-order valence-electron chi connectivity index (χ4n) is 2.17. The molecular weight excluding hydrogens is 363 g/mol. The second kappa shape index (κ2) is 6.50. The number of hydrogen-bond donors (Lipinski definition) is 1. The van der Waals surface area contributed by atoms with E-state index in [4.69, 9.17) is 0 Å². The van der Waals surface area contributed by atoms with Crippen LogP contribution in [0.1, 0.15) is 34.5 Å². The van der Waals surface area contributed by atoms with Crippen LogP contribution in [0.5, 0.6) is 0 Å². The summed E-state index contributed by atoms with van der Waals surface area (Å²) in [5, 5.41) is 5.23. The lowest BCUT2D eigenvalue weighted by atomic mass is 10.0. The third-order valence-electron chi connectivity index (χ3n) is 3.21. The Morgan fingerprint density at radius 2 is 2.00 bits per heavy atom. The zero-order valence-electron chi connectivity index (χ0n) is 11.6. The zero-order chi connectivity index (χ0) is 15.6. The van der Waals surface area contributed by atoms with Gasteiger partial charge >= 0.3 is 6.18 Å².